The lowest BCUT2D eigenvalue weighted by Gasteiger charge is -2.09. The largest absolute Gasteiger partial charge is 0.493 e. The summed E-state index contributed by atoms with van der Waals surface area (Å²) < 4.78 is 1.67. The molecule has 5 heteroatoms. The van der Waals surface area contributed by atoms with Gasteiger partial charge in [0.05, 0.1) is 5.39 Å². The van der Waals surface area contributed by atoms with Crippen LogP contribution in [0.4, 0.5) is 5.69 Å². The minimum atomic E-state index is 0.00806. The molecule has 0 aliphatic carbocycles. The first kappa shape index (κ1) is 9.64. The van der Waals surface area contributed by atoms with E-state index in [9.17, 15) is 5.11 Å². The van der Waals surface area contributed by atoms with Crippen LogP contribution in [0.3, 0.4) is 0 Å². The molecule has 2 heterocycles. The van der Waals surface area contributed by atoms with Crippen LogP contribution in [-0.2, 0) is 0 Å². The highest BCUT2D eigenvalue weighted by Crippen LogP contribution is 2.39. The van der Waals surface area contributed by atoms with Gasteiger partial charge in [0.2, 0.25) is 5.88 Å². The van der Waals surface area contributed by atoms with Crippen molar-refractivity contribution in [2.24, 2.45) is 5.11 Å². The second-order valence-electron chi connectivity index (χ2n) is 3.62. The van der Waals surface area contributed by atoms with Gasteiger partial charge in [-0.25, -0.2) is 10.5 Å². The fraction of sp³-hybridized carbons (Fsp3) is 0.300. The maximum absolute atomic E-state index is 9.89. The van der Waals surface area contributed by atoms with Crippen LogP contribution in [0.25, 0.3) is 11.0 Å². The molecular weight excluding hydrogens is 192 g/mol. The van der Waals surface area contributed by atoms with Crippen molar-refractivity contribution < 1.29 is 5.11 Å². The van der Waals surface area contributed by atoms with Crippen LogP contribution in [0, 0.1) is 5.53 Å². The average Bonchev–Trinajstić information content (AvgIpc) is 2.49. The Morgan fingerprint density at radius 2 is 2.27 bits per heavy atom. The van der Waals surface area contributed by atoms with E-state index >= 15 is 0 Å². The molecule has 0 atom stereocenters. The molecule has 0 aliphatic heterocycles. The molecule has 0 saturated heterocycles. The van der Waals surface area contributed by atoms with Gasteiger partial charge in [-0.2, -0.15) is 5.11 Å². The Kier molecular flexibility index (Phi) is 2.15. The summed E-state index contributed by atoms with van der Waals surface area (Å²) >= 11 is 0. The topological polar surface area (TPSA) is 74.3 Å². The number of aromatic nitrogens is 2. The number of hydrogen-bond acceptors (Lipinski definition) is 4. The molecule has 0 saturated carbocycles. The summed E-state index contributed by atoms with van der Waals surface area (Å²) in [6, 6.07) is 3.65. The van der Waals surface area contributed by atoms with E-state index in [4.69, 9.17) is 5.53 Å². The lowest BCUT2D eigenvalue weighted by atomic mass is 10.3. The van der Waals surface area contributed by atoms with Crippen LogP contribution >= 0.6 is 0 Å². The van der Waals surface area contributed by atoms with E-state index < -0.39 is 0 Å². The van der Waals surface area contributed by atoms with Crippen molar-refractivity contribution in [3.8, 4) is 5.88 Å². The molecule has 0 fully saturated rings. The van der Waals surface area contributed by atoms with Crippen molar-refractivity contribution in [2.45, 2.75) is 19.9 Å². The molecule has 2 aromatic heterocycles. The van der Waals surface area contributed by atoms with Gasteiger partial charge < -0.3 is 5.11 Å². The van der Waals surface area contributed by atoms with Crippen LogP contribution in [0.1, 0.15) is 19.9 Å². The second kappa shape index (κ2) is 3.34. The lowest BCUT2D eigenvalue weighted by Crippen LogP contribution is -2.00. The Bertz CT molecular complexity index is 515. The zero-order valence-electron chi connectivity index (χ0n) is 8.60. The molecule has 0 aliphatic rings. The Morgan fingerprint density at radius 1 is 1.53 bits per heavy atom. The van der Waals surface area contributed by atoms with Gasteiger partial charge in [-0.3, -0.25) is 4.57 Å². The normalized spacial score (nSPS) is 11.1. The van der Waals surface area contributed by atoms with Crippen LogP contribution in [0.15, 0.2) is 23.4 Å². The fourth-order valence-corrected chi connectivity index (χ4v) is 1.71. The quantitative estimate of drug-likeness (QED) is 0.738. The maximum Gasteiger partial charge on any atom is 0.222 e. The van der Waals surface area contributed by atoms with Crippen LogP contribution in [-0.4, -0.2) is 14.7 Å². The number of aromatic hydroxyl groups is 1. The molecule has 0 spiro atoms. The van der Waals surface area contributed by atoms with Gasteiger partial charge in [-0.05, 0) is 26.0 Å². The van der Waals surface area contributed by atoms with E-state index in [1.54, 1.807) is 22.9 Å². The van der Waals surface area contributed by atoms with Crippen molar-refractivity contribution in [1.82, 2.24) is 9.55 Å². The van der Waals surface area contributed by atoms with E-state index in [1.165, 1.54) is 0 Å². The molecule has 0 radical (unpaired) electrons. The summed E-state index contributed by atoms with van der Waals surface area (Å²) in [6.45, 7) is 3.89. The lowest BCUT2D eigenvalue weighted by molar-refractivity contribution is 0.406. The zero-order chi connectivity index (χ0) is 11.0. The summed E-state index contributed by atoms with van der Waals surface area (Å²) in [5.74, 6) is 0.00806. The van der Waals surface area contributed by atoms with Gasteiger partial charge in [-0.1, -0.05) is 0 Å². The van der Waals surface area contributed by atoms with Gasteiger partial charge in [0.15, 0.2) is 5.69 Å². The van der Waals surface area contributed by atoms with Crippen molar-refractivity contribution >= 4 is 16.7 Å². The molecule has 5 nitrogen and oxygen atoms in total. The fourth-order valence-electron chi connectivity index (χ4n) is 1.71. The third-order valence-corrected chi connectivity index (χ3v) is 2.34. The zero-order valence-corrected chi connectivity index (χ0v) is 8.60. The minimum Gasteiger partial charge on any atom is -0.493 e. The monoisotopic (exact) mass is 204 g/mol. The molecule has 2 aromatic rings. The van der Waals surface area contributed by atoms with Crippen molar-refractivity contribution in [3.05, 3.63) is 18.3 Å². The van der Waals surface area contributed by atoms with Crippen LogP contribution < -0.4 is 0 Å². The van der Waals surface area contributed by atoms with Gasteiger partial charge in [0, 0.05) is 12.2 Å². The van der Waals surface area contributed by atoms with Crippen molar-refractivity contribution in [3.63, 3.8) is 0 Å². The third-order valence-electron chi connectivity index (χ3n) is 2.34. The van der Waals surface area contributed by atoms with Crippen LogP contribution in [0.2, 0.25) is 0 Å². The van der Waals surface area contributed by atoms with Gasteiger partial charge in [-0.15, -0.1) is 0 Å². The first-order valence-corrected chi connectivity index (χ1v) is 4.72. The summed E-state index contributed by atoms with van der Waals surface area (Å²) in [6.07, 6.45) is 1.66. The van der Waals surface area contributed by atoms with E-state index in [0.29, 0.717) is 11.0 Å². The summed E-state index contributed by atoms with van der Waals surface area (Å²) in [5, 5.41) is 13.9. The predicted molar refractivity (Wildman–Crippen MR) is 56.6 cm³/mol. The first-order valence-electron chi connectivity index (χ1n) is 4.72. The smallest absolute Gasteiger partial charge is 0.222 e. The standard InChI is InChI=1S/C10H12N4O/c1-6(2)14-9-7(4-3-5-12-9)8(13-11)10(14)15/h3-6,11,15H,1-2H3. The van der Waals surface area contributed by atoms with Crippen molar-refractivity contribution in [1.29, 1.82) is 5.53 Å². The molecule has 15 heavy (non-hydrogen) atoms. The van der Waals surface area contributed by atoms with Crippen molar-refractivity contribution in [2.75, 3.05) is 0 Å². The van der Waals surface area contributed by atoms with Gasteiger partial charge >= 0.3 is 0 Å². The molecule has 78 valence electrons. The molecule has 0 amide bonds. The van der Waals surface area contributed by atoms with Gasteiger partial charge in [0.1, 0.15) is 5.65 Å². The van der Waals surface area contributed by atoms with Crippen LogP contribution in [0.5, 0.6) is 5.88 Å². The molecule has 2 N–H and O–H groups in total. The minimum absolute atomic E-state index is 0.00806. The number of hydrogen-bond donors (Lipinski definition) is 2. The molecule has 0 bridgehead atoms. The first-order chi connectivity index (χ1) is 7.16. The molecular formula is C10H12N4O. The number of fused-ring (bicyclic) bond motifs is 1. The van der Waals surface area contributed by atoms with E-state index in [2.05, 4.69) is 10.1 Å². The SMILES string of the molecule is CC(C)n1c(O)c(N=N)c2cccnc21. The highest BCUT2D eigenvalue weighted by Gasteiger charge is 2.18. The highest BCUT2D eigenvalue weighted by molar-refractivity contribution is 5.92. The van der Waals surface area contributed by atoms with Gasteiger partial charge in [0.25, 0.3) is 0 Å². The number of pyridine rings is 1. The van der Waals surface area contributed by atoms with E-state index in [0.717, 1.165) is 0 Å². The molecule has 2 rings (SSSR count). The molecule has 0 aromatic carbocycles. The summed E-state index contributed by atoms with van der Waals surface area (Å²) in [5.41, 5.74) is 7.99. The predicted octanol–water partition coefficient (Wildman–Crippen LogP) is 2.99. The maximum atomic E-state index is 9.89. The third kappa shape index (κ3) is 1.27. The Hall–Kier alpha value is -1.91. The van der Waals surface area contributed by atoms with E-state index in [-0.39, 0.29) is 17.6 Å². The Balaban J connectivity index is 2.90. The highest BCUT2D eigenvalue weighted by atomic mass is 16.3. The second-order valence-corrected chi connectivity index (χ2v) is 3.62. The summed E-state index contributed by atoms with van der Waals surface area (Å²) in [7, 11) is 0. The number of nitrogens with one attached hydrogen (secondary N) is 1. The number of nitrogens with zero attached hydrogens (tertiary/aromatic N) is 3. The Labute approximate surface area is 86.9 Å². The van der Waals surface area contributed by atoms with E-state index in [1.807, 2.05) is 13.8 Å². The number of rotatable bonds is 2. The summed E-state index contributed by atoms with van der Waals surface area (Å²) in [4.78, 5) is 4.19. The Morgan fingerprint density at radius 3 is 2.87 bits per heavy atom. The molecule has 0 unspecified atom stereocenters. The average molecular weight is 204 g/mol.